The summed E-state index contributed by atoms with van der Waals surface area (Å²) in [5.74, 6) is 0.740. The van der Waals surface area contributed by atoms with E-state index in [-0.39, 0.29) is 6.04 Å². The molecular formula is C15H14BrCl2NO. The summed E-state index contributed by atoms with van der Waals surface area (Å²) < 4.78 is 6.40. The zero-order valence-electron chi connectivity index (χ0n) is 11.1. The molecule has 5 heteroatoms. The maximum Gasteiger partial charge on any atom is 0.124 e. The summed E-state index contributed by atoms with van der Waals surface area (Å²) in [5.41, 5.74) is 9.10. The van der Waals surface area contributed by atoms with Gasteiger partial charge in [-0.15, -0.1) is 0 Å². The first-order valence-electron chi connectivity index (χ1n) is 5.98. The lowest BCUT2D eigenvalue weighted by Crippen LogP contribution is -2.14. The topological polar surface area (TPSA) is 35.2 Å². The molecular weight excluding hydrogens is 361 g/mol. The Balaban J connectivity index is 2.52. The number of rotatable bonds is 3. The summed E-state index contributed by atoms with van der Waals surface area (Å²) in [6.45, 7) is 2.00. The van der Waals surface area contributed by atoms with Gasteiger partial charge in [0.05, 0.1) is 13.2 Å². The summed E-state index contributed by atoms with van der Waals surface area (Å²) in [6.07, 6.45) is 0. The van der Waals surface area contributed by atoms with Crippen LogP contribution in [0, 0.1) is 6.92 Å². The van der Waals surface area contributed by atoms with Crippen LogP contribution in [0.1, 0.15) is 22.7 Å². The van der Waals surface area contributed by atoms with Gasteiger partial charge in [0.15, 0.2) is 0 Å². The number of aryl methyl sites for hydroxylation is 1. The molecule has 0 aliphatic heterocycles. The van der Waals surface area contributed by atoms with Crippen LogP contribution in [0.5, 0.6) is 5.75 Å². The van der Waals surface area contributed by atoms with Gasteiger partial charge in [-0.05, 0) is 42.3 Å². The fourth-order valence-electron chi connectivity index (χ4n) is 2.01. The van der Waals surface area contributed by atoms with Gasteiger partial charge >= 0.3 is 0 Å². The number of methoxy groups -OCH3 is 1. The van der Waals surface area contributed by atoms with E-state index < -0.39 is 0 Å². The lowest BCUT2D eigenvalue weighted by atomic mass is 9.97. The quantitative estimate of drug-likeness (QED) is 0.808. The van der Waals surface area contributed by atoms with Gasteiger partial charge in [0.1, 0.15) is 5.75 Å². The predicted molar refractivity (Wildman–Crippen MR) is 87.9 cm³/mol. The van der Waals surface area contributed by atoms with Crippen LogP contribution in [0.15, 0.2) is 34.8 Å². The van der Waals surface area contributed by atoms with Crippen molar-refractivity contribution in [3.05, 3.63) is 61.5 Å². The van der Waals surface area contributed by atoms with Gasteiger partial charge in [-0.2, -0.15) is 0 Å². The Morgan fingerprint density at radius 3 is 2.45 bits per heavy atom. The normalized spacial score (nSPS) is 12.3. The minimum atomic E-state index is -0.383. The summed E-state index contributed by atoms with van der Waals surface area (Å²) in [7, 11) is 1.63. The van der Waals surface area contributed by atoms with Crippen LogP contribution in [0.25, 0.3) is 0 Å². The predicted octanol–water partition coefficient (Wildman–Crippen LogP) is 5.12. The highest BCUT2D eigenvalue weighted by Gasteiger charge is 2.18. The fraction of sp³-hybridized carbons (Fsp3) is 0.200. The molecule has 2 aromatic carbocycles. The first kappa shape index (κ1) is 15.6. The van der Waals surface area contributed by atoms with Gasteiger partial charge in [0, 0.05) is 20.1 Å². The Morgan fingerprint density at radius 2 is 1.85 bits per heavy atom. The second-order valence-corrected chi connectivity index (χ2v) is 6.18. The molecule has 0 aromatic heterocycles. The molecule has 0 amide bonds. The molecule has 0 bridgehead atoms. The van der Waals surface area contributed by atoms with Crippen molar-refractivity contribution in [2.45, 2.75) is 13.0 Å². The summed E-state index contributed by atoms with van der Waals surface area (Å²) in [6, 6.07) is 8.83. The highest BCUT2D eigenvalue weighted by molar-refractivity contribution is 9.10. The zero-order chi connectivity index (χ0) is 14.9. The number of benzene rings is 2. The van der Waals surface area contributed by atoms with Crippen LogP contribution >= 0.6 is 39.1 Å². The van der Waals surface area contributed by atoms with E-state index in [1.807, 2.05) is 25.1 Å². The third-order valence-electron chi connectivity index (χ3n) is 3.14. The van der Waals surface area contributed by atoms with E-state index >= 15 is 0 Å². The molecule has 0 fully saturated rings. The van der Waals surface area contributed by atoms with Crippen LogP contribution in [0.2, 0.25) is 10.0 Å². The van der Waals surface area contributed by atoms with Crippen molar-refractivity contribution in [3.63, 3.8) is 0 Å². The van der Waals surface area contributed by atoms with E-state index in [1.54, 1.807) is 19.2 Å². The first-order chi connectivity index (χ1) is 9.43. The minimum Gasteiger partial charge on any atom is -0.496 e. The van der Waals surface area contributed by atoms with Crippen molar-refractivity contribution in [1.29, 1.82) is 0 Å². The Morgan fingerprint density at radius 1 is 1.15 bits per heavy atom. The first-order valence-corrected chi connectivity index (χ1v) is 7.53. The van der Waals surface area contributed by atoms with Gasteiger partial charge in [-0.1, -0.05) is 45.2 Å². The average molecular weight is 375 g/mol. The lowest BCUT2D eigenvalue weighted by Gasteiger charge is -2.19. The molecule has 1 atom stereocenters. The van der Waals surface area contributed by atoms with Crippen molar-refractivity contribution in [2.24, 2.45) is 5.73 Å². The molecule has 2 N–H and O–H groups in total. The Kier molecular flexibility index (Phi) is 4.97. The van der Waals surface area contributed by atoms with E-state index in [1.165, 1.54) is 0 Å². The molecule has 0 saturated heterocycles. The van der Waals surface area contributed by atoms with Crippen LogP contribution in [0.3, 0.4) is 0 Å². The summed E-state index contributed by atoms with van der Waals surface area (Å²) in [5, 5.41) is 1.13. The second-order valence-electron chi connectivity index (χ2n) is 4.49. The van der Waals surface area contributed by atoms with Crippen molar-refractivity contribution in [3.8, 4) is 5.75 Å². The van der Waals surface area contributed by atoms with Crippen molar-refractivity contribution in [1.82, 2.24) is 0 Å². The Bertz CT molecular complexity index is 646. The molecule has 0 spiro atoms. The highest BCUT2D eigenvalue weighted by Crippen LogP contribution is 2.36. The van der Waals surface area contributed by atoms with Gasteiger partial charge in [-0.3, -0.25) is 0 Å². The Labute approximate surface area is 137 Å². The monoisotopic (exact) mass is 373 g/mol. The van der Waals surface area contributed by atoms with E-state index in [0.717, 1.165) is 26.9 Å². The molecule has 0 aliphatic rings. The number of halogens is 3. The molecule has 0 aliphatic carbocycles. The molecule has 1 unspecified atom stereocenters. The summed E-state index contributed by atoms with van der Waals surface area (Å²) in [4.78, 5) is 0. The number of hydrogen-bond donors (Lipinski definition) is 1. The SMILES string of the molecule is COc1cc(C)c(Br)cc1C(N)c1ccc(Cl)cc1Cl. The van der Waals surface area contributed by atoms with Crippen LogP contribution in [0.4, 0.5) is 0 Å². The van der Waals surface area contributed by atoms with Crippen LogP contribution < -0.4 is 10.5 Å². The number of hydrogen-bond acceptors (Lipinski definition) is 2. The molecule has 20 heavy (non-hydrogen) atoms. The van der Waals surface area contributed by atoms with Gasteiger partial charge in [0.2, 0.25) is 0 Å². The minimum absolute atomic E-state index is 0.383. The fourth-order valence-corrected chi connectivity index (χ4v) is 2.90. The van der Waals surface area contributed by atoms with Crippen molar-refractivity contribution < 1.29 is 4.74 Å². The van der Waals surface area contributed by atoms with Crippen LogP contribution in [-0.4, -0.2) is 7.11 Å². The smallest absolute Gasteiger partial charge is 0.124 e. The molecule has 2 aromatic rings. The highest BCUT2D eigenvalue weighted by atomic mass is 79.9. The number of ether oxygens (including phenoxy) is 1. The standard InChI is InChI=1S/C15H14BrCl2NO/c1-8-5-14(20-2)11(7-12(8)16)15(19)10-4-3-9(17)6-13(10)18/h3-7,15H,19H2,1-2H3. The number of nitrogens with two attached hydrogens (primary N) is 1. The van der Waals surface area contributed by atoms with Crippen molar-refractivity contribution >= 4 is 39.1 Å². The maximum atomic E-state index is 6.33. The third kappa shape index (κ3) is 3.12. The van der Waals surface area contributed by atoms with Crippen LogP contribution in [-0.2, 0) is 0 Å². The van der Waals surface area contributed by atoms with Gasteiger partial charge in [0.25, 0.3) is 0 Å². The van der Waals surface area contributed by atoms with E-state index in [9.17, 15) is 0 Å². The van der Waals surface area contributed by atoms with E-state index in [2.05, 4.69) is 15.9 Å². The molecule has 0 heterocycles. The summed E-state index contributed by atoms with van der Waals surface area (Å²) >= 11 is 15.7. The van der Waals surface area contributed by atoms with Crippen molar-refractivity contribution in [2.75, 3.05) is 7.11 Å². The Hall–Kier alpha value is -0.740. The zero-order valence-corrected chi connectivity index (χ0v) is 14.2. The van der Waals surface area contributed by atoms with Gasteiger partial charge < -0.3 is 10.5 Å². The van der Waals surface area contributed by atoms with Gasteiger partial charge in [-0.25, -0.2) is 0 Å². The van der Waals surface area contributed by atoms with E-state index in [0.29, 0.717) is 10.0 Å². The lowest BCUT2D eigenvalue weighted by molar-refractivity contribution is 0.407. The average Bonchev–Trinajstić information content (AvgIpc) is 2.40. The molecule has 2 nitrogen and oxygen atoms in total. The molecule has 0 radical (unpaired) electrons. The molecule has 106 valence electrons. The second kappa shape index (κ2) is 6.35. The van der Waals surface area contributed by atoms with E-state index in [4.69, 9.17) is 33.7 Å². The molecule has 2 rings (SSSR count). The largest absolute Gasteiger partial charge is 0.496 e. The third-order valence-corrected chi connectivity index (χ3v) is 4.56. The molecule has 0 saturated carbocycles. The maximum absolute atomic E-state index is 6.33.